The summed E-state index contributed by atoms with van der Waals surface area (Å²) >= 11 is 0. The lowest BCUT2D eigenvalue weighted by Crippen LogP contribution is -2.33. The Kier molecular flexibility index (Phi) is 4.91. The van der Waals surface area contributed by atoms with Gasteiger partial charge in [0.1, 0.15) is 5.69 Å². The molecule has 104 valence electrons. The molecule has 1 aromatic rings. The monoisotopic (exact) mass is 262 g/mol. The summed E-state index contributed by atoms with van der Waals surface area (Å²) < 4.78 is 0. The van der Waals surface area contributed by atoms with E-state index in [1.807, 2.05) is 6.07 Å². The van der Waals surface area contributed by atoms with Crippen LogP contribution >= 0.6 is 0 Å². The molecule has 0 aromatic carbocycles. The Morgan fingerprint density at radius 1 is 1.47 bits per heavy atom. The van der Waals surface area contributed by atoms with Crippen molar-refractivity contribution in [1.29, 1.82) is 0 Å². The van der Waals surface area contributed by atoms with Gasteiger partial charge in [0.2, 0.25) is 0 Å². The lowest BCUT2D eigenvalue weighted by molar-refractivity contribution is 0.0690. The molecular formula is C15H22N2O2. The SMILES string of the molecule is CCC1CCCC(NCc2cccc(C(=O)O)n2)C1. The maximum atomic E-state index is 10.9. The van der Waals surface area contributed by atoms with Crippen molar-refractivity contribution in [2.45, 2.75) is 51.6 Å². The average molecular weight is 262 g/mol. The highest BCUT2D eigenvalue weighted by molar-refractivity contribution is 5.85. The predicted octanol–water partition coefficient (Wildman–Crippen LogP) is 2.84. The lowest BCUT2D eigenvalue weighted by atomic mass is 9.84. The highest BCUT2D eigenvalue weighted by Crippen LogP contribution is 2.26. The number of pyridine rings is 1. The highest BCUT2D eigenvalue weighted by Gasteiger charge is 2.20. The largest absolute Gasteiger partial charge is 0.477 e. The minimum Gasteiger partial charge on any atom is -0.477 e. The van der Waals surface area contributed by atoms with E-state index >= 15 is 0 Å². The third kappa shape index (κ3) is 4.03. The molecule has 0 spiro atoms. The fourth-order valence-electron chi connectivity index (χ4n) is 2.79. The van der Waals surface area contributed by atoms with Gasteiger partial charge in [0, 0.05) is 12.6 Å². The van der Waals surface area contributed by atoms with Crippen LogP contribution in [0.4, 0.5) is 0 Å². The molecule has 0 aliphatic heterocycles. The molecule has 0 saturated heterocycles. The summed E-state index contributed by atoms with van der Waals surface area (Å²) in [6.45, 7) is 2.91. The van der Waals surface area contributed by atoms with E-state index in [9.17, 15) is 4.79 Å². The number of hydrogen-bond donors (Lipinski definition) is 2. The summed E-state index contributed by atoms with van der Waals surface area (Å²) in [5, 5.41) is 12.4. The van der Waals surface area contributed by atoms with Gasteiger partial charge in [0.25, 0.3) is 0 Å². The summed E-state index contributed by atoms with van der Waals surface area (Å²) in [5.41, 5.74) is 0.924. The van der Waals surface area contributed by atoms with Crippen LogP contribution in [0.25, 0.3) is 0 Å². The summed E-state index contributed by atoms with van der Waals surface area (Å²) in [4.78, 5) is 15.0. The van der Waals surface area contributed by atoms with E-state index in [1.165, 1.54) is 38.2 Å². The van der Waals surface area contributed by atoms with Gasteiger partial charge in [-0.2, -0.15) is 0 Å². The summed E-state index contributed by atoms with van der Waals surface area (Å²) in [7, 11) is 0. The van der Waals surface area contributed by atoms with Crippen LogP contribution in [0.5, 0.6) is 0 Å². The standard InChI is InChI=1S/C15H22N2O2/c1-2-11-5-3-6-12(9-11)16-10-13-7-4-8-14(17-13)15(18)19/h4,7-8,11-12,16H,2-3,5-6,9-10H2,1H3,(H,18,19). The lowest BCUT2D eigenvalue weighted by Gasteiger charge is -2.29. The summed E-state index contributed by atoms with van der Waals surface area (Å²) in [5.74, 6) is -0.130. The molecule has 1 aliphatic rings. The average Bonchev–Trinajstić information content (AvgIpc) is 2.45. The molecule has 1 heterocycles. The van der Waals surface area contributed by atoms with Crippen molar-refractivity contribution in [3.63, 3.8) is 0 Å². The number of carbonyl (C=O) groups is 1. The van der Waals surface area contributed by atoms with Crippen LogP contribution < -0.4 is 5.32 Å². The van der Waals surface area contributed by atoms with Crippen LogP contribution in [-0.4, -0.2) is 22.1 Å². The van der Waals surface area contributed by atoms with Gasteiger partial charge < -0.3 is 10.4 Å². The Labute approximate surface area is 114 Å². The van der Waals surface area contributed by atoms with E-state index in [-0.39, 0.29) is 5.69 Å². The van der Waals surface area contributed by atoms with Crippen molar-refractivity contribution in [3.8, 4) is 0 Å². The Bertz CT molecular complexity index is 434. The topological polar surface area (TPSA) is 62.2 Å². The van der Waals surface area contributed by atoms with E-state index in [1.54, 1.807) is 6.07 Å². The second kappa shape index (κ2) is 6.66. The molecule has 2 N–H and O–H groups in total. The number of rotatable bonds is 5. The van der Waals surface area contributed by atoms with Crippen LogP contribution in [0.2, 0.25) is 0 Å². The first-order valence-corrected chi connectivity index (χ1v) is 7.11. The second-order valence-electron chi connectivity index (χ2n) is 5.34. The summed E-state index contributed by atoms with van der Waals surface area (Å²) in [6, 6.07) is 5.71. The van der Waals surface area contributed by atoms with Gasteiger partial charge in [-0.1, -0.05) is 32.3 Å². The van der Waals surface area contributed by atoms with Crippen molar-refractivity contribution >= 4 is 5.97 Å². The van der Waals surface area contributed by atoms with Gasteiger partial charge in [0.05, 0.1) is 5.69 Å². The number of nitrogens with one attached hydrogen (secondary N) is 1. The normalized spacial score (nSPS) is 23.2. The van der Waals surface area contributed by atoms with Gasteiger partial charge in [0.15, 0.2) is 0 Å². The molecule has 19 heavy (non-hydrogen) atoms. The number of nitrogens with zero attached hydrogens (tertiary/aromatic N) is 1. The summed E-state index contributed by atoms with van der Waals surface area (Å²) in [6.07, 6.45) is 6.34. The Morgan fingerprint density at radius 3 is 3.05 bits per heavy atom. The quantitative estimate of drug-likeness (QED) is 0.856. The molecule has 2 atom stereocenters. The zero-order valence-corrected chi connectivity index (χ0v) is 11.4. The zero-order valence-electron chi connectivity index (χ0n) is 11.4. The number of carboxylic acid groups (broad SMARTS) is 1. The fourth-order valence-corrected chi connectivity index (χ4v) is 2.79. The Hall–Kier alpha value is -1.42. The predicted molar refractivity (Wildman–Crippen MR) is 74.1 cm³/mol. The van der Waals surface area contributed by atoms with E-state index in [2.05, 4.69) is 17.2 Å². The number of aromatic carboxylic acids is 1. The van der Waals surface area contributed by atoms with Crippen LogP contribution in [0.3, 0.4) is 0 Å². The van der Waals surface area contributed by atoms with Crippen LogP contribution in [-0.2, 0) is 6.54 Å². The number of aromatic nitrogens is 1. The minimum atomic E-state index is -0.967. The molecule has 4 nitrogen and oxygen atoms in total. The molecule has 0 amide bonds. The Morgan fingerprint density at radius 2 is 2.32 bits per heavy atom. The van der Waals surface area contributed by atoms with E-state index in [0.717, 1.165) is 11.6 Å². The molecule has 4 heteroatoms. The van der Waals surface area contributed by atoms with Crippen LogP contribution in [0.1, 0.15) is 55.2 Å². The van der Waals surface area contributed by atoms with Crippen molar-refractivity contribution < 1.29 is 9.90 Å². The van der Waals surface area contributed by atoms with E-state index in [4.69, 9.17) is 5.11 Å². The molecule has 1 aromatic heterocycles. The molecule has 1 saturated carbocycles. The first-order chi connectivity index (χ1) is 9.19. The fraction of sp³-hybridized carbons (Fsp3) is 0.600. The highest BCUT2D eigenvalue weighted by atomic mass is 16.4. The number of carboxylic acids is 1. The van der Waals surface area contributed by atoms with Crippen LogP contribution in [0, 0.1) is 5.92 Å². The van der Waals surface area contributed by atoms with Crippen molar-refractivity contribution in [2.24, 2.45) is 5.92 Å². The molecule has 0 radical (unpaired) electrons. The van der Waals surface area contributed by atoms with Gasteiger partial charge in [-0.15, -0.1) is 0 Å². The van der Waals surface area contributed by atoms with Crippen molar-refractivity contribution in [3.05, 3.63) is 29.6 Å². The molecule has 0 bridgehead atoms. The minimum absolute atomic E-state index is 0.120. The van der Waals surface area contributed by atoms with Gasteiger partial charge in [-0.25, -0.2) is 9.78 Å². The molecule has 2 unspecified atom stereocenters. The van der Waals surface area contributed by atoms with Gasteiger partial charge >= 0.3 is 5.97 Å². The second-order valence-corrected chi connectivity index (χ2v) is 5.34. The van der Waals surface area contributed by atoms with Crippen molar-refractivity contribution in [1.82, 2.24) is 10.3 Å². The Balaban J connectivity index is 1.88. The van der Waals surface area contributed by atoms with E-state index < -0.39 is 5.97 Å². The molecule has 2 rings (SSSR count). The van der Waals surface area contributed by atoms with Crippen LogP contribution in [0.15, 0.2) is 18.2 Å². The number of hydrogen-bond acceptors (Lipinski definition) is 3. The maximum absolute atomic E-state index is 10.9. The smallest absolute Gasteiger partial charge is 0.354 e. The third-order valence-corrected chi connectivity index (χ3v) is 3.96. The third-order valence-electron chi connectivity index (χ3n) is 3.96. The first kappa shape index (κ1) is 14.0. The van der Waals surface area contributed by atoms with Crippen molar-refractivity contribution in [2.75, 3.05) is 0 Å². The maximum Gasteiger partial charge on any atom is 0.354 e. The molecule has 1 fully saturated rings. The van der Waals surface area contributed by atoms with Gasteiger partial charge in [-0.3, -0.25) is 0 Å². The van der Waals surface area contributed by atoms with E-state index in [0.29, 0.717) is 12.6 Å². The van der Waals surface area contributed by atoms with Gasteiger partial charge in [-0.05, 0) is 30.9 Å². The zero-order chi connectivity index (χ0) is 13.7. The molecule has 1 aliphatic carbocycles. The first-order valence-electron chi connectivity index (χ1n) is 7.11. The molecular weight excluding hydrogens is 240 g/mol.